The zero-order chi connectivity index (χ0) is 22.5. The number of nitrogens with one attached hydrogen (secondary N) is 1. The van der Waals surface area contributed by atoms with Crippen molar-refractivity contribution in [2.45, 2.75) is 24.7 Å². The SMILES string of the molecule is [2H]OC(=O)c1cc(N([2H])C([2H])CCC)c(Oc2ccccc2)c(S(=O)(=O)N([2H])[2H])c1. The molecule has 134 valence electrons. The molecule has 2 rings (SSSR count). The molecule has 0 spiro atoms. The van der Waals surface area contributed by atoms with E-state index in [1.807, 2.05) is 0 Å². The van der Waals surface area contributed by atoms with E-state index in [9.17, 15) is 13.2 Å². The van der Waals surface area contributed by atoms with Gasteiger partial charge >= 0.3 is 5.97 Å². The summed E-state index contributed by atoms with van der Waals surface area (Å²) in [4.78, 5) is 11.2. The van der Waals surface area contributed by atoms with Gasteiger partial charge in [-0.1, -0.05) is 31.5 Å². The Morgan fingerprint density at radius 1 is 1.44 bits per heavy atom. The molecule has 25 heavy (non-hydrogen) atoms. The smallest absolute Gasteiger partial charge is 0.335 e. The number of sulfonamides is 1. The van der Waals surface area contributed by atoms with Crippen LogP contribution in [0, 0.1) is 0 Å². The van der Waals surface area contributed by atoms with E-state index >= 15 is 0 Å². The van der Waals surface area contributed by atoms with E-state index in [1.165, 1.54) is 12.1 Å². The second kappa shape index (κ2) is 8.00. The van der Waals surface area contributed by atoms with Gasteiger partial charge in [0.2, 0.25) is 10.0 Å². The summed E-state index contributed by atoms with van der Waals surface area (Å²) in [5.74, 6) is -1.46. The Hall–Kier alpha value is -2.58. The molecule has 2 aromatic carbocycles. The molecule has 0 heterocycles. The minimum absolute atomic E-state index is 0.193. The lowest BCUT2D eigenvalue weighted by atomic mass is 10.1. The predicted octanol–water partition coefficient (Wildman–Crippen LogP) is 3.04. The van der Waals surface area contributed by atoms with Crippen LogP contribution in [-0.4, -0.2) is 26.0 Å². The highest BCUT2D eigenvalue weighted by atomic mass is 32.2. The molecule has 4 N–H and O–H groups in total. The maximum Gasteiger partial charge on any atom is 0.335 e. The minimum Gasteiger partial charge on any atom is -0.478 e. The molecule has 0 fully saturated rings. The molecule has 2 aromatic rings. The number of nitrogens with two attached hydrogens (primary N) is 1. The van der Waals surface area contributed by atoms with Crippen LogP contribution in [0.1, 0.15) is 31.5 Å². The normalized spacial score (nSPS) is 15.2. The number of carboxylic acids is 1. The first-order valence-corrected chi connectivity index (χ1v) is 8.89. The fourth-order valence-electron chi connectivity index (χ4n) is 1.99. The van der Waals surface area contributed by atoms with E-state index in [2.05, 4.69) is 5.11 Å². The predicted molar refractivity (Wildman–Crippen MR) is 94.7 cm³/mol. The van der Waals surface area contributed by atoms with Gasteiger partial charge in [-0.05, 0) is 30.7 Å². The molecule has 0 aliphatic heterocycles. The van der Waals surface area contributed by atoms with E-state index in [4.69, 9.17) is 11.8 Å². The van der Waals surface area contributed by atoms with Crippen LogP contribution < -0.4 is 15.2 Å². The van der Waals surface area contributed by atoms with Gasteiger partial charge in [0.05, 0.1) is 11.3 Å². The average Bonchev–Trinajstić information content (AvgIpc) is 2.73. The summed E-state index contributed by atoms with van der Waals surface area (Å²) in [5, 5.41) is 4.02. The number of primary sulfonamides is 1. The largest absolute Gasteiger partial charge is 0.478 e. The van der Waals surface area contributed by atoms with E-state index in [0.717, 1.165) is 12.1 Å². The zero-order valence-corrected chi connectivity index (χ0v) is 14.2. The molecule has 1 unspecified atom stereocenters. The molecule has 0 saturated heterocycles. The third kappa shape index (κ3) is 4.94. The monoisotopic (exact) mass is 369 g/mol. The van der Waals surface area contributed by atoms with Crippen molar-refractivity contribution in [2.24, 2.45) is 5.13 Å². The molecular formula is C17H20N2O5S. The van der Waals surface area contributed by atoms with Crippen molar-refractivity contribution in [1.29, 1.82) is 1.43 Å². The quantitative estimate of drug-likeness (QED) is 0.625. The van der Waals surface area contributed by atoms with Crippen molar-refractivity contribution in [3.63, 3.8) is 0 Å². The van der Waals surface area contributed by atoms with Crippen molar-refractivity contribution in [3.05, 3.63) is 48.0 Å². The summed E-state index contributed by atoms with van der Waals surface area (Å²) in [6.07, 6.45) is 0.817. The topological polar surface area (TPSA) is 119 Å². The molecule has 0 aliphatic rings. The maximum absolute atomic E-state index is 12.6. The fraction of sp³-hybridized carbons (Fsp3) is 0.235. The van der Waals surface area contributed by atoms with E-state index in [0.29, 0.717) is 11.7 Å². The van der Waals surface area contributed by atoms with Crippen molar-refractivity contribution < 1.29 is 28.7 Å². The third-order valence-electron chi connectivity index (χ3n) is 3.16. The summed E-state index contributed by atoms with van der Waals surface area (Å²) >= 11 is 0. The Bertz CT molecular complexity index is 992. The van der Waals surface area contributed by atoms with Crippen LogP contribution in [0.25, 0.3) is 1.43 Å². The summed E-state index contributed by atoms with van der Waals surface area (Å²) in [7, 11) is -4.78. The van der Waals surface area contributed by atoms with Crippen molar-refractivity contribution in [1.82, 2.24) is 0 Å². The van der Waals surface area contributed by atoms with E-state index < -0.39 is 43.8 Å². The average molecular weight is 369 g/mol. The Balaban J connectivity index is 2.82. The van der Waals surface area contributed by atoms with Gasteiger partial charge < -0.3 is 15.2 Å². The number of rotatable bonds is 9. The summed E-state index contributed by atoms with van der Waals surface area (Å²) in [5.41, 5.74) is -0.683. The lowest BCUT2D eigenvalue weighted by Gasteiger charge is -2.17. The highest BCUT2D eigenvalue weighted by molar-refractivity contribution is 7.89. The lowest BCUT2D eigenvalue weighted by Crippen LogP contribution is -2.16. The molecule has 8 heteroatoms. The summed E-state index contributed by atoms with van der Waals surface area (Å²) < 4.78 is 68.6. The van der Waals surface area contributed by atoms with Gasteiger partial charge in [-0.2, -0.15) is 0 Å². The summed E-state index contributed by atoms with van der Waals surface area (Å²) in [6.45, 7) is 0.674. The van der Waals surface area contributed by atoms with Gasteiger partial charge in [0, 0.05) is 7.89 Å². The molecule has 0 radical (unpaired) electrons. The first kappa shape index (κ1) is 12.7. The minimum atomic E-state index is -4.78. The van der Waals surface area contributed by atoms with Gasteiger partial charge in [0.15, 0.2) is 7.16 Å². The molecular weight excluding hydrogens is 344 g/mol. The molecule has 0 saturated carbocycles. The second-order valence-corrected chi connectivity index (χ2v) is 6.49. The number of hydrogen-bond donors (Lipinski definition) is 3. The molecule has 0 bridgehead atoms. The number of para-hydroxylation sites is 1. The highest BCUT2D eigenvalue weighted by Gasteiger charge is 2.23. The molecule has 0 aliphatic carbocycles. The number of anilines is 1. The molecule has 1 atom stereocenters. The number of aromatic carboxylic acids is 1. The zero-order valence-electron chi connectivity index (χ0n) is 18.4. The first-order valence-electron chi connectivity index (χ1n) is 9.78. The standard InChI is InChI=1S/C17H20N2O5S/c1-2-3-9-19-14-10-12(17(20)21)11-15(25(18,22)23)16(14)24-13-7-5-4-6-8-13/h4-8,10-11,19H,2-3,9H2,1H3,(H,20,21)(H2,18,22,23)/i9D/hD4. The van der Waals surface area contributed by atoms with Crippen LogP contribution in [0.2, 0.25) is 4.24 Å². The number of hydrogen-bond acceptors (Lipinski definition) is 6. The molecule has 0 aromatic heterocycles. The van der Waals surface area contributed by atoms with Gasteiger partial charge in [-0.3, -0.25) is 0 Å². The van der Waals surface area contributed by atoms with Crippen LogP contribution in [0.3, 0.4) is 0 Å². The highest BCUT2D eigenvalue weighted by Crippen LogP contribution is 2.37. The summed E-state index contributed by atoms with van der Waals surface area (Å²) in [6, 6.07) is 9.85. The van der Waals surface area contributed by atoms with Crippen LogP contribution in [-0.2, 0) is 10.0 Å². The second-order valence-electron chi connectivity index (χ2n) is 5.10. The van der Waals surface area contributed by atoms with Crippen LogP contribution >= 0.6 is 0 Å². The van der Waals surface area contributed by atoms with Crippen LogP contribution in [0.5, 0.6) is 11.5 Å². The van der Waals surface area contributed by atoms with Crippen molar-refractivity contribution in [2.75, 3.05) is 11.8 Å². The van der Waals surface area contributed by atoms with Crippen molar-refractivity contribution >= 4 is 21.7 Å². The Labute approximate surface area is 153 Å². The number of carbonyl (C=O) groups is 1. The number of benzene rings is 2. The van der Waals surface area contributed by atoms with Gasteiger partial charge in [-0.25, -0.2) is 18.3 Å². The van der Waals surface area contributed by atoms with Gasteiger partial charge in [0.1, 0.15) is 13.5 Å². The Morgan fingerprint density at radius 3 is 2.84 bits per heavy atom. The number of carboxylic acid groups (broad SMARTS) is 1. The Morgan fingerprint density at radius 2 is 2.20 bits per heavy atom. The molecule has 0 amide bonds. The van der Waals surface area contributed by atoms with Gasteiger partial charge in [0.25, 0.3) is 1.43 Å². The third-order valence-corrected chi connectivity index (χ3v) is 4.02. The van der Waals surface area contributed by atoms with Gasteiger partial charge in [-0.15, -0.1) is 0 Å². The van der Waals surface area contributed by atoms with E-state index in [-0.39, 0.29) is 17.9 Å². The maximum atomic E-state index is 12.6. The first-order chi connectivity index (χ1) is 14.1. The Kier molecular flexibility index (Phi) is 4.07. The molecule has 7 nitrogen and oxygen atoms in total. The lowest BCUT2D eigenvalue weighted by molar-refractivity contribution is 0.0696. The van der Waals surface area contributed by atoms with Crippen molar-refractivity contribution in [3.8, 4) is 11.5 Å². The fourth-order valence-corrected chi connectivity index (χ4v) is 2.65. The number of ether oxygens (including phenoxy) is 1. The van der Waals surface area contributed by atoms with E-state index in [1.54, 1.807) is 25.1 Å². The van der Waals surface area contributed by atoms with Crippen LogP contribution in [0.4, 0.5) is 5.69 Å². The van der Waals surface area contributed by atoms with Crippen LogP contribution in [0.15, 0.2) is 47.4 Å².